The molecule has 166 valence electrons. The number of nitrogen functional groups attached to an aromatic ring is 1. The normalized spacial score (nSPS) is 13.0. The number of anilines is 1. The zero-order valence-electron chi connectivity index (χ0n) is 18.0. The van der Waals surface area contributed by atoms with Gasteiger partial charge in [-0.1, -0.05) is 53.3 Å². The summed E-state index contributed by atoms with van der Waals surface area (Å²) < 4.78 is 0. The number of carboxylic acids is 1. The van der Waals surface area contributed by atoms with Gasteiger partial charge in [0, 0.05) is 13.0 Å². The summed E-state index contributed by atoms with van der Waals surface area (Å²) in [6, 6.07) is 15.8. The standard InChI is InChI=1S/C13H17N3.C11H10N2O2S/c1-2-4-12-11(3-1)15-13(16-12)7-8-14-9-10-5-6-10;1-6-3-2-4-7(5-6)9-8(10(14)15)13-11(12)16-9/h1-4,10,14H,5-9H2,(H,15,16);2-5H,1H3,(H2,12,13)(H,14,15). The third-order valence-electron chi connectivity index (χ3n) is 5.23. The third kappa shape index (κ3) is 5.72. The number of aromatic carboxylic acids is 1. The Morgan fingerprint density at radius 1 is 1.22 bits per heavy atom. The van der Waals surface area contributed by atoms with E-state index in [2.05, 4.69) is 26.3 Å². The van der Waals surface area contributed by atoms with E-state index in [1.165, 1.54) is 30.7 Å². The molecule has 0 spiro atoms. The highest BCUT2D eigenvalue weighted by molar-refractivity contribution is 7.19. The van der Waals surface area contributed by atoms with Gasteiger partial charge in [0.05, 0.1) is 15.9 Å². The number of nitrogens with zero attached hydrogens (tertiary/aromatic N) is 2. The first-order valence-electron chi connectivity index (χ1n) is 10.7. The van der Waals surface area contributed by atoms with E-state index in [4.69, 9.17) is 10.8 Å². The molecule has 0 bridgehead atoms. The minimum absolute atomic E-state index is 0.0214. The number of benzene rings is 2. The van der Waals surface area contributed by atoms with Gasteiger partial charge in [-0.15, -0.1) is 0 Å². The predicted molar refractivity (Wildman–Crippen MR) is 129 cm³/mol. The number of H-pyrrole nitrogens is 1. The van der Waals surface area contributed by atoms with E-state index >= 15 is 0 Å². The number of nitrogens with two attached hydrogens (primary N) is 1. The fraction of sp³-hybridized carbons (Fsp3) is 0.292. The summed E-state index contributed by atoms with van der Waals surface area (Å²) in [6.45, 7) is 4.16. The van der Waals surface area contributed by atoms with Crippen LogP contribution in [0.25, 0.3) is 21.5 Å². The first kappa shape index (κ1) is 22.0. The second kappa shape index (κ2) is 9.93. The maximum atomic E-state index is 11.0. The zero-order chi connectivity index (χ0) is 22.5. The van der Waals surface area contributed by atoms with E-state index < -0.39 is 5.97 Å². The molecule has 5 rings (SSSR count). The van der Waals surface area contributed by atoms with E-state index in [1.807, 2.05) is 49.4 Å². The molecule has 2 heterocycles. The molecule has 1 saturated carbocycles. The van der Waals surface area contributed by atoms with Crippen molar-refractivity contribution in [3.8, 4) is 10.4 Å². The molecule has 32 heavy (non-hydrogen) atoms. The lowest BCUT2D eigenvalue weighted by atomic mass is 10.1. The van der Waals surface area contributed by atoms with Gasteiger partial charge in [-0.3, -0.25) is 0 Å². The van der Waals surface area contributed by atoms with Crippen LogP contribution < -0.4 is 11.1 Å². The van der Waals surface area contributed by atoms with Crippen LogP contribution in [0, 0.1) is 12.8 Å². The van der Waals surface area contributed by atoms with Crippen molar-refractivity contribution in [1.82, 2.24) is 20.3 Å². The number of imidazole rings is 1. The van der Waals surface area contributed by atoms with Crippen LogP contribution in [0.2, 0.25) is 0 Å². The Kier molecular flexibility index (Phi) is 6.82. The van der Waals surface area contributed by atoms with Gasteiger partial charge < -0.3 is 21.1 Å². The molecule has 2 aromatic carbocycles. The van der Waals surface area contributed by atoms with Gasteiger partial charge in [0.2, 0.25) is 0 Å². The van der Waals surface area contributed by atoms with Crippen molar-refractivity contribution in [1.29, 1.82) is 0 Å². The number of hydrogen-bond acceptors (Lipinski definition) is 6. The number of para-hydroxylation sites is 2. The minimum Gasteiger partial charge on any atom is -0.476 e. The summed E-state index contributed by atoms with van der Waals surface area (Å²) in [5.74, 6) is 0.990. The summed E-state index contributed by atoms with van der Waals surface area (Å²) in [6.07, 6.45) is 3.82. The van der Waals surface area contributed by atoms with Gasteiger partial charge in [-0.05, 0) is 49.9 Å². The summed E-state index contributed by atoms with van der Waals surface area (Å²) >= 11 is 1.19. The number of nitrogens with one attached hydrogen (secondary N) is 2. The van der Waals surface area contributed by atoms with Crippen LogP contribution in [0.15, 0.2) is 48.5 Å². The van der Waals surface area contributed by atoms with Crippen LogP contribution in [-0.2, 0) is 6.42 Å². The molecule has 0 amide bonds. The predicted octanol–water partition coefficient (Wildman–Crippen LogP) is 4.50. The Morgan fingerprint density at radius 2 is 2.03 bits per heavy atom. The number of aromatic nitrogens is 3. The third-order valence-corrected chi connectivity index (χ3v) is 6.17. The van der Waals surface area contributed by atoms with E-state index in [-0.39, 0.29) is 10.8 Å². The molecule has 0 atom stereocenters. The fourth-order valence-electron chi connectivity index (χ4n) is 3.42. The highest BCUT2D eigenvalue weighted by Gasteiger charge is 2.20. The van der Waals surface area contributed by atoms with Crippen molar-refractivity contribution in [3.63, 3.8) is 0 Å². The number of fused-ring (bicyclic) bond motifs is 1. The molecular weight excluding hydrogens is 422 g/mol. The van der Waals surface area contributed by atoms with Crippen LogP contribution in [0.4, 0.5) is 5.13 Å². The topological polar surface area (TPSA) is 117 Å². The quantitative estimate of drug-likeness (QED) is 0.309. The number of carboxylic acid groups (broad SMARTS) is 1. The van der Waals surface area contributed by atoms with Crippen molar-refractivity contribution >= 4 is 33.5 Å². The summed E-state index contributed by atoms with van der Waals surface area (Å²) in [4.78, 5) is 23.3. The Hall–Kier alpha value is -3.23. The van der Waals surface area contributed by atoms with Crippen molar-refractivity contribution in [2.24, 2.45) is 5.92 Å². The van der Waals surface area contributed by atoms with E-state index in [9.17, 15) is 4.79 Å². The molecular formula is C24H27N5O2S. The first-order valence-corrected chi connectivity index (χ1v) is 11.5. The minimum atomic E-state index is -1.05. The average molecular weight is 450 g/mol. The molecule has 0 unspecified atom stereocenters. The van der Waals surface area contributed by atoms with Crippen LogP contribution in [0.5, 0.6) is 0 Å². The molecule has 5 N–H and O–H groups in total. The molecule has 1 aliphatic rings. The van der Waals surface area contributed by atoms with Crippen LogP contribution in [-0.4, -0.2) is 39.1 Å². The summed E-state index contributed by atoms with van der Waals surface area (Å²) in [5, 5.41) is 12.8. The van der Waals surface area contributed by atoms with Gasteiger partial charge in [0.25, 0.3) is 0 Å². The van der Waals surface area contributed by atoms with Crippen LogP contribution >= 0.6 is 11.3 Å². The smallest absolute Gasteiger partial charge is 0.356 e. The van der Waals surface area contributed by atoms with E-state index in [0.717, 1.165) is 46.9 Å². The average Bonchev–Trinajstić information content (AvgIpc) is 3.36. The number of aryl methyl sites for hydroxylation is 1. The Balaban J connectivity index is 0.000000153. The van der Waals surface area contributed by atoms with E-state index in [0.29, 0.717) is 4.88 Å². The zero-order valence-corrected chi connectivity index (χ0v) is 18.8. The van der Waals surface area contributed by atoms with Crippen molar-refractivity contribution in [2.75, 3.05) is 18.8 Å². The first-order chi connectivity index (χ1) is 15.5. The molecule has 4 aromatic rings. The Labute approximate surface area is 190 Å². The number of rotatable bonds is 7. The molecule has 1 fully saturated rings. The lowest BCUT2D eigenvalue weighted by Gasteiger charge is -2.00. The maximum Gasteiger partial charge on any atom is 0.356 e. The highest BCUT2D eigenvalue weighted by atomic mass is 32.1. The molecule has 7 nitrogen and oxygen atoms in total. The van der Waals surface area contributed by atoms with Gasteiger partial charge in [-0.2, -0.15) is 0 Å². The second-order valence-electron chi connectivity index (χ2n) is 8.00. The second-order valence-corrected chi connectivity index (χ2v) is 9.03. The molecule has 0 radical (unpaired) electrons. The van der Waals surface area contributed by atoms with Crippen molar-refractivity contribution in [2.45, 2.75) is 26.2 Å². The lowest BCUT2D eigenvalue weighted by Crippen LogP contribution is -2.20. The maximum absolute atomic E-state index is 11.0. The van der Waals surface area contributed by atoms with Gasteiger partial charge in [0.1, 0.15) is 5.82 Å². The summed E-state index contributed by atoms with van der Waals surface area (Å²) in [7, 11) is 0. The molecule has 1 aliphatic carbocycles. The summed E-state index contributed by atoms with van der Waals surface area (Å²) in [5.41, 5.74) is 9.68. The van der Waals surface area contributed by atoms with Crippen molar-refractivity contribution in [3.05, 3.63) is 65.6 Å². The molecule has 2 aromatic heterocycles. The van der Waals surface area contributed by atoms with Gasteiger partial charge in [-0.25, -0.2) is 14.8 Å². The van der Waals surface area contributed by atoms with Crippen LogP contribution in [0.3, 0.4) is 0 Å². The van der Waals surface area contributed by atoms with Gasteiger partial charge in [0.15, 0.2) is 10.8 Å². The van der Waals surface area contributed by atoms with Crippen LogP contribution in [0.1, 0.15) is 34.7 Å². The number of thiazole rings is 1. The van der Waals surface area contributed by atoms with E-state index in [1.54, 1.807) is 0 Å². The Morgan fingerprint density at radius 3 is 2.75 bits per heavy atom. The largest absolute Gasteiger partial charge is 0.476 e. The molecule has 0 aliphatic heterocycles. The Bertz CT molecular complexity index is 1180. The number of carbonyl (C=O) groups is 1. The number of aromatic amines is 1. The molecule has 0 saturated heterocycles. The molecule has 8 heteroatoms. The highest BCUT2D eigenvalue weighted by Crippen LogP contribution is 2.32. The van der Waals surface area contributed by atoms with Gasteiger partial charge >= 0.3 is 5.97 Å². The fourth-order valence-corrected chi connectivity index (χ4v) is 4.24. The monoisotopic (exact) mass is 449 g/mol. The van der Waals surface area contributed by atoms with Crippen molar-refractivity contribution < 1.29 is 9.90 Å². The SMILES string of the molecule is Cc1cccc(-c2sc(N)nc2C(=O)O)c1.c1ccc2[nH]c(CCNCC3CC3)nc2c1. The number of hydrogen-bond donors (Lipinski definition) is 4. The lowest BCUT2D eigenvalue weighted by molar-refractivity contribution is 0.0692.